The van der Waals surface area contributed by atoms with Crippen LogP contribution in [0.5, 0.6) is 0 Å². The van der Waals surface area contributed by atoms with Gasteiger partial charge in [-0.3, -0.25) is 0 Å². The van der Waals surface area contributed by atoms with Crippen LogP contribution in [0.15, 0.2) is 0 Å². The Morgan fingerprint density at radius 1 is 1.40 bits per heavy atom. The number of aliphatic hydroxyl groups is 1. The van der Waals surface area contributed by atoms with Gasteiger partial charge in [0, 0.05) is 18.6 Å². The van der Waals surface area contributed by atoms with Gasteiger partial charge in [0.05, 0.1) is 0 Å². The molecule has 9 heteroatoms. The summed E-state index contributed by atoms with van der Waals surface area (Å²) in [4.78, 5) is 11.5. The molecule has 1 amide bonds. The summed E-state index contributed by atoms with van der Waals surface area (Å²) >= 11 is 0. The van der Waals surface area contributed by atoms with Crippen molar-refractivity contribution in [3.63, 3.8) is 0 Å². The summed E-state index contributed by atoms with van der Waals surface area (Å²) in [5.74, 6) is 0. The molecule has 0 aliphatic carbocycles. The van der Waals surface area contributed by atoms with Gasteiger partial charge in [-0.1, -0.05) is 0 Å². The van der Waals surface area contributed by atoms with Crippen LogP contribution in [0.4, 0.5) is 18.0 Å². The second kappa shape index (κ2) is 6.15. The van der Waals surface area contributed by atoms with E-state index in [4.69, 9.17) is 4.74 Å². The minimum absolute atomic E-state index is 0.170. The van der Waals surface area contributed by atoms with E-state index in [1.807, 2.05) is 0 Å². The molecule has 1 fully saturated rings. The predicted molar refractivity (Wildman–Crippen MR) is 64.8 cm³/mol. The number of amides is 1. The van der Waals surface area contributed by atoms with Crippen molar-refractivity contribution in [3.8, 4) is 0 Å². The van der Waals surface area contributed by atoms with E-state index in [1.165, 1.54) is 0 Å². The molecule has 0 aromatic heterocycles. The van der Waals surface area contributed by atoms with Gasteiger partial charge in [-0.05, 0) is 27.2 Å². The number of hydrogen-bond acceptors (Lipinski definition) is 5. The maximum Gasteiger partial charge on any atom is 0.459 e. The van der Waals surface area contributed by atoms with Crippen LogP contribution in [-0.2, 0) is 4.74 Å². The number of alkyl carbamates (subject to hydrolysis) is 1. The minimum Gasteiger partial charge on any atom is -0.444 e. The molecule has 0 spiro atoms. The topological polar surface area (TPSA) is 82.6 Å². The van der Waals surface area contributed by atoms with Crippen LogP contribution in [0.25, 0.3) is 0 Å². The maximum absolute atomic E-state index is 12.1. The molecule has 3 atom stereocenters. The third kappa shape index (κ3) is 6.40. The highest BCUT2D eigenvalue weighted by molar-refractivity contribution is 5.68. The number of alkyl halides is 3. The zero-order valence-electron chi connectivity index (χ0n) is 11.5. The summed E-state index contributed by atoms with van der Waals surface area (Å²) < 4.78 is 41.2. The van der Waals surface area contributed by atoms with Crippen molar-refractivity contribution in [3.05, 3.63) is 0 Å². The minimum atomic E-state index is -4.65. The first-order valence-electron chi connectivity index (χ1n) is 6.22. The van der Waals surface area contributed by atoms with Crippen LogP contribution in [0.2, 0.25) is 0 Å². The summed E-state index contributed by atoms with van der Waals surface area (Å²) in [5, 5.41) is 15.8. The number of halogens is 3. The summed E-state index contributed by atoms with van der Waals surface area (Å²) in [7, 11) is 0. The van der Waals surface area contributed by atoms with Crippen molar-refractivity contribution in [1.82, 2.24) is 16.0 Å². The Kier molecular flexibility index (Phi) is 5.22. The largest absolute Gasteiger partial charge is 0.459 e. The average molecular weight is 299 g/mol. The molecule has 0 aromatic carbocycles. The third-order valence-corrected chi connectivity index (χ3v) is 2.58. The van der Waals surface area contributed by atoms with E-state index in [2.05, 4.69) is 10.6 Å². The van der Waals surface area contributed by atoms with Crippen molar-refractivity contribution in [2.75, 3.05) is 6.54 Å². The Morgan fingerprint density at radius 2 is 2.00 bits per heavy atom. The van der Waals surface area contributed by atoms with Crippen molar-refractivity contribution >= 4 is 6.09 Å². The highest BCUT2D eigenvalue weighted by Crippen LogP contribution is 2.16. The molecule has 0 radical (unpaired) electrons. The van der Waals surface area contributed by atoms with Gasteiger partial charge in [-0.15, -0.1) is 0 Å². The Hall–Kier alpha value is -1.06. The normalized spacial score (nSPS) is 25.4. The summed E-state index contributed by atoms with van der Waals surface area (Å²) in [6.45, 7) is 5.39. The monoisotopic (exact) mass is 299 g/mol. The zero-order valence-corrected chi connectivity index (χ0v) is 11.5. The first-order chi connectivity index (χ1) is 8.96. The van der Waals surface area contributed by atoms with E-state index in [1.54, 1.807) is 20.8 Å². The lowest BCUT2D eigenvalue weighted by Gasteiger charge is -2.22. The second-order valence-corrected chi connectivity index (χ2v) is 5.68. The standard InChI is InChI=1S/C11H20F3N3O3/c1-10(2,3)20-9(19)16-6-4-7(15-5-6)8(18)17-11(12,13)14/h6-8,15,17-18H,4-5H2,1-3H3,(H,16,19)/t6-,7?,8?/m1/s1. The molecule has 20 heavy (non-hydrogen) atoms. The Labute approximate surface area is 115 Å². The quantitative estimate of drug-likeness (QED) is 0.455. The lowest BCUT2D eigenvalue weighted by atomic mass is 10.1. The molecule has 0 aromatic rings. The van der Waals surface area contributed by atoms with E-state index < -0.39 is 30.3 Å². The van der Waals surface area contributed by atoms with E-state index in [0.29, 0.717) is 0 Å². The van der Waals surface area contributed by atoms with E-state index >= 15 is 0 Å². The van der Waals surface area contributed by atoms with E-state index in [9.17, 15) is 23.1 Å². The third-order valence-electron chi connectivity index (χ3n) is 2.58. The second-order valence-electron chi connectivity index (χ2n) is 5.68. The summed E-state index contributed by atoms with van der Waals surface area (Å²) in [6, 6.07) is -1.18. The molecular formula is C11H20F3N3O3. The molecular weight excluding hydrogens is 279 g/mol. The van der Waals surface area contributed by atoms with Crippen LogP contribution in [0.3, 0.4) is 0 Å². The SMILES string of the molecule is CC(C)(C)OC(=O)N[C@H]1CNC(C(O)NC(F)(F)F)C1. The van der Waals surface area contributed by atoms with E-state index in [0.717, 1.165) is 5.32 Å². The van der Waals surface area contributed by atoms with Crippen LogP contribution < -0.4 is 16.0 Å². The Balaban J connectivity index is 2.38. The smallest absolute Gasteiger partial charge is 0.444 e. The molecule has 0 saturated carbocycles. The van der Waals surface area contributed by atoms with Crippen LogP contribution >= 0.6 is 0 Å². The Morgan fingerprint density at radius 3 is 2.50 bits per heavy atom. The molecule has 0 bridgehead atoms. The maximum atomic E-state index is 12.1. The van der Waals surface area contributed by atoms with Gasteiger partial charge in [-0.2, -0.15) is 13.2 Å². The molecule has 1 aliphatic rings. The van der Waals surface area contributed by atoms with Crippen molar-refractivity contribution in [2.45, 2.75) is 57.4 Å². The molecule has 1 saturated heterocycles. The fraction of sp³-hybridized carbons (Fsp3) is 0.909. The predicted octanol–water partition coefficient (Wildman–Crippen LogP) is 0.669. The van der Waals surface area contributed by atoms with Crippen LogP contribution in [0, 0.1) is 0 Å². The van der Waals surface area contributed by atoms with Gasteiger partial charge in [-0.25, -0.2) is 10.1 Å². The van der Waals surface area contributed by atoms with Crippen molar-refractivity contribution in [2.24, 2.45) is 0 Å². The molecule has 4 N–H and O–H groups in total. The average Bonchev–Trinajstić information content (AvgIpc) is 2.59. The molecule has 1 heterocycles. The number of ether oxygens (including phenoxy) is 1. The number of nitrogens with one attached hydrogen (secondary N) is 3. The highest BCUT2D eigenvalue weighted by Gasteiger charge is 2.37. The fourth-order valence-electron chi connectivity index (χ4n) is 1.86. The first kappa shape index (κ1) is 17.0. The first-order valence-corrected chi connectivity index (χ1v) is 6.22. The van der Waals surface area contributed by atoms with Gasteiger partial charge in [0.25, 0.3) is 0 Å². The zero-order chi connectivity index (χ0) is 15.6. The van der Waals surface area contributed by atoms with Crippen LogP contribution in [0.1, 0.15) is 27.2 Å². The lowest BCUT2D eigenvalue weighted by molar-refractivity contribution is -0.185. The lowest BCUT2D eigenvalue weighted by Crippen LogP contribution is -2.50. The number of rotatable bonds is 3. The van der Waals surface area contributed by atoms with Gasteiger partial charge in [0.2, 0.25) is 0 Å². The number of carbonyl (C=O) groups is 1. The van der Waals surface area contributed by atoms with Crippen LogP contribution in [-0.4, -0.2) is 48.0 Å². The van der Waals surface area contributed by atoms with Gasteiger partial charge >= 0.3 is 12.4 Å². The molecule has 2 unspecified atom stereocenters. The molecule has 1 rings (SSSR count). The number of hydrogen-bond donors (Lipinski definition) is 4. The van der Waals surface area contributed by atoms with Crippen molar-refractivity contribution < 1.29 is 27.8 Å². The van der Waals surface area contributed by atoms with Gasteiger partial charge in [0.15, 0.2) is 0 Å². The summed E-state index contributed by atoms with van der Waals surface area (Å²) in [6.07, 6.45) is -6.88. The Bertz CT molecular complexity index is 344. The molecule has 6 nitrogen and oxygen atoms in total. The molecule has 118 valence electrons. The van der Waals surface area contributed by atoms with E-state index in [-0.39, 0.29) is 19.0 Å². The fourth-order valence-corrected chi connectivity index (χ4v) is 1.86. The van der Waals surface area contributed by atoms with Gasteiger partial charge in [0.1, 0.15) is 11.8 Å². The summed E-state index contributed by atoms with van der Waals surface area (Å²) in [5.41, 5.74) is -0.646. The van der Waals surface area contributed by atoms with Crippen molar-refractivity contribution in [1.29, 1.82) is 0 Å². The number of carbonyl (C=O) groups excluding carboxylic acids is 1. The van der Waals surface area contributed by atoms with Gasteiger partial charge < -0.3 is 20.5 Å². The highest BCUT2D eigenvalue weighted by atomic mass is 19.4. The number of aliphatic hydroxyl groups excluding tert-OH is 1. The molecule has 1 aliphatic heterocycles.